The van der Waals surface area contributed by atoms with Gasteiger partial charge in [0.1, 0.15) is 18.9 Å². The molecule has 93 valence electrons. The molecule has 0 saturated carbocycles. The average Bonchev–Trinajstić information content (AvgIpc) is 2.65. The number of nitrogens with zero attached hydrogens (tertiary/aromatic N) is 1. The van der Waals surface area contributed by atoms with Gasteiger partial charge in [0.25, 0.3) is 5.56 Å². The van der Waals surface area contributed by atoms with E-state index in [1.54, 1.807) is 0 Å². The second-order valence-electron chi connectivity index (χ2n) is 3.74. The van der Waals surface area contributed by atoms with Crippen molar-refractivity contribution in [3.05, 3.63) is 31.5 Å². The first-order valence-corrected chi connectivity index (χ1v) is 5.75. The molecule has 0 aromatic carbocycles. The third-order valence-electron chi connectivity index (χ3n) is 2.60. The average molecular weight is 306 g/mol. The molecular weight excluding hydrogens is 296 g/mol. The van der Waals surface area contributed by atoms with E-state index in [0.29, 0.717) is 0 Å². The van der Waals surface area contributed by atoms with Gasteiger partial charge in [0.05, 0.1) is 10.6 Å². The van der Waals surface area contributed by atoms with E-state index in [4.69, 9.17) is 4.74 Å². The minimum absolute atomic E-state index is 0.144. The molecule has 1 aromatic rings. The SMILES string of the molecule is [O]C[C@H]1O[C@@H](n2cc(Br)c(=O)[nH]c2=O)C[C@@H]1O. The van der Waals surface area contributed by atoms with Crippen molar-refractivity contribution >= 4 is 15.9 Å². The molecule has 7 nitrogen and oxygen atoms in total. The van der Waals surface area contributed by atoms with Gasteiger partial charge in [0.2, 0.25) is 0 Å². The van der Waals surface area contributed by atoms with Gasteiger partial charge in [-0.3, -0.25) is 14.3 Å². The standard InChI is InChI=1S/C9H10BrN2O5/c10-4-2-12(9(16)11-8(4)15)7-1-5(14)6(3-13)17-7/h2,5-7,14H,1,3H2,(H,11,15,16)/t5-,6+,7+/m0/s1. The van der Waals surface area contributed by atoms with Crippen LogP contribution in [0.5, 0.6) is 0 Å². The summed E-state index contributed by atoms with van der Waals surface area (Å²) in [5.41, 5.74) is -1.17. The molecule has 1 fully saturated rings. The van der Waals surface area contributed by atoms with Crippen molar-refractivity contribution in [2.75, 3.05) is 6.61 Å². The number of nitrogens with one attached hydrogen (secondary N) is 1. The zero-order valence-electron chi connectivity index (χ0n) is 8.63. The summed E-state index contributed by atoms with van der Waals surface area (Å²) >= 11 is 2.99. The van der Waals surface area contributed by atoms with E-state index < -0.39 is 36.3 Å². The van der Waals surface area contributed by atoms with Crippen LogP contribution in [0.15, 0.2) is 20.3 Å². The normalized spacial score (nSPS) is 28.5. The Morgan fingerprint density at radius 1 is 1.59 bits per heavy atom. The summed E-state index contributed by atoms with van der Waals surface area (Å²) in [6, 6.07) is 0. The molecule has 2 N–H and O–H groups in total. The zero-order chi connectivity index (χ0) is 12.6. The molecule has 0 unspecified atom stereocenters. The zero-order valence-corrected chi connectivity index (χ0v) is 10.2. The van der Waals surface area contributed by atoms with Crippen LogP contribution in [0.2, 0.25) is 0 Å². The van der Waals surface area contributed by atoms with Crippen LogP contribution >= 0.6 is 15.9 Å². The van der Waals surface area contributed by atoms with Gasteiger partial charge in [0, 0.05) is 12.6 Å². The van der Waals surface area contributed by atoms with E-state index in [9.17, 15) is 19.8 Å². The summed E-state index contributed by atoms with van der Waals surface area (Å²) in [5, 5.41) is 20.2. The quantitative estimate of drug-likeness (QED) is 0.759. The number of aliphatic hydroxyl groups is 1. The maximum absolute atomic E-state index is 11.5. The van der Waals surface area contributed by atoms with Crippen LogP contribution in [0.1, 0.15) is 12.6 Å². The third-order valence-corrected chi connectivity index (χ3v) is 3.17. The van der Waals surface area contributed by atoms with Crippen molar-refractivity contribution < 1.29 is 14.9 Å². The van der Waals surface area contributed by atoms with Crippen LogP contribution in [-0.4, -0.2) is 33.5 Å². The summed E-state index contributed by atoms with van der Waals surface area (Å²) in [4.78, 5) is 24.8. The van der Waals surface area contributed by atoms with Crippen LogP contribution in [0, 0.1) is 0 Å². The van der Waals surface area contributed by atoms with Gasteiger partial charge in [-0.05, 0) is 15.9 Å². The lowest BCUT2D eigenvalue weighted by molar-refractivity contribution is -0.0599. The van der Waals surface area contributed by atoms with Gasteiger partial charge >= 0.3 is 5.69 Å². The molecule has 0 amide bonds. The maximum atomic E-state index is 11.5. The van der Waals surface area contributed by atoms with E-state index in [2.05, 4.69) is 20.9 Å². The Kier molecular flexibility index (Phi) is 3.48. The van der Waals surface area contributed by atoms with Crippen LogP contribution < -0.4 is 11.2 Å². The fourth-order valence-electron chi connectivity index (χ4n) is 1.71. The molecule has 2 rings (SSSR count). The number of aromatic amines is 1. The van der Waals surface area contributed by atoms with E-state index in [1.165, 1.54) is 6.20 Å². The summed E-state index contributed by atoms with van der Waals surface area (Å²) < 4.78 is 6.57. The van der Waals surface area contributed by atoms with Crippen molar-refractivity contribution in [3.63, 3.8) is 0 Å². The van der Waals surface area contributed by atoms with E-state index in [1.807, 2.05) is 0 Å². The minimum atomic E-state index is -0.893. The monoisotopic (exact) mass is 305 g/mol. The van der Waals surface area contributed by atoms with Gasteiger partial charge in [-0.1, -0.05) is 0 Å². The number of aliphatic hydroxyl groups excluding tert-OH is 1. The fraction of sp³-hybridized carbons (Fsp3) is 0.556. The first kappa shape index (κ1) is 12.5. The molecule has 17 heavy (non-hydrogen) atoms. The predicted octanol–water partition coefficient (Wildman–Crippen LogP) is -0.622. The highest BCUT2D eigenvalue weighted by Crippen LogP contribution is 2.27. The maximum Gasteiger partial charge on any atom is 0.330 e. The number of halogens is 1. The van der Waals surface area contributed by atoms with Crippen molar-refractivity contribution in [1.82, 2.24) is 9.55 Å². The topological polar surface area (TPSA) is 104 Å². The molecule has 1 radical (unpaired) electrons. The molecule has 1 aliphatic heterocycles. The van der Waals surface area contributed by atoms with Gasteiger partial charge in [-0.15, -0.1) is 0 Å². The largest absolute Gasteiger partial charge is 0.390 e. The lowest BCUT2D eigenvalue weighted by atomic mass is 10.2. The summed E-state index contributed by atoms with van der Waals surface area (Å²) in [7, 11) is 0. The first-order chi connectivity index (χ1) is 8.02. The molecule has 0 aliphatic carbocycles. The van der Waals surface area contributed by atoms with E-state index >= 15 is 0 Å². The molecule has 2 heterocycles. The second kappa shape index (κ2) is 4.73. The molecule has 0 bridgehead atoms. The lowest BCUT2D eigenvalue weighted by Crippen LogP contribution is -2.32. The highest BCUT2D eigenvalue weighted by Gasteiger charge is 2.35. The highest BCUT2D eigenvalue weighted by atomic mass is 79.9. The molecule has 8 heteroatoms. The molecular formula is C9H10BrN2O5. The van der Waals surface area contributed by atoms with E-state index in [-0.39, 0.29) is 10.9 Å². The third kappa shape index (κ3) is 2.34. The Morgan fingerprint density at radius 3 is 2.88 bits per heavy atom. The minimum Gasteiger partial charge on any atom is -0.390 e. The fourth-order valence-corrected chi connectivity index (χ4v) is 2.03. The second-order valence-corrected chi connectivity index (χ2v) is 4.60. The summed E-state index contributed by atoms with van der Waals surface area (Å²) in [6.07, 6.45) is -1.02. The Hall–Kier alpha value is -0.960. The molecule has 0 spiro atoms. The molecule has 3 atom stereocenters. The van der Waals surface area contributed by atoms with Crippen molar-refractivity contribution in [1.29, 1.82) is 0 Å². The van der Waals surface area contributed by atoms with Gasteiger partial charge in [-0.2, -0.15) is 0 Å². The van der Waals surface area contributed by atoms with Crippen molar-refractivity contribution in [2.45, 2.75) is 24.9 Å². The van der Waals surface area contributed by atoms with Crippen LogP contribution in [0.4, 0.5) is 0 Å². The Bertz CT molecular complexity index is 525. The Labute approximate surface area is 104 Å². The number of H-pyrrole nitrogens is 1. The molecule has 1 aromatic heterocycles. The van der Waals surface area contributed by atoms with Crippen LogP contribution in [0.25, 0.3) is 0 Å². The van der Waals surface area contributed by atoms with Crippen LogP contribution in [-0.2, 0) is 9.84 Å². The van der Waals surface area contributed by atoms with Gasteiger partial charge < -0.3 is 9.84 Å². The molecule has 1 saturated heterocycles. The number of ether oxygens (including phenoxy) is 1. The summed E-state index contributed by atoms with van der Waals surface area (Å²) in [6.45, 7) is -0.572. The highest BCUT2D eigenvalue weighted by molar-refractivity contribution is 9.10. The number of hydrogen-bond acceptors (Lipinski definition) is 4. The summed E-state index contributed by atoms with van der Waals surface area (Å²) in [5.74, 6) is 0. The van der Waals surface area contributed by atoms with Crippen LogP contribution in [0.3, 0.4) is 0 Å². The van der Waals surface area contributed by atoms with Crippen molar-refractivity contribution in [3.8, 4) is 0 Å². The number of hydrogen-bond donors (Lipinski definition) is 2. The predicted molar refractivity (Wildman–Crippen MR) is 59.1 cm³/mol. The smallest absolute Gasteiger partial charge is 0.330 e. The van der Waals surface area contributed by atoms with E-state index in [0.717, 1.165) is 4.57 Å². The number of rotatable bonds is 2. The van der Waals surface area contributed by atoms with Crippen molar-refractivity contribution in [2.24, 2.45) is 0 Å². The number of aromatic nitrogens is 2. The van der Waals surface area contributed by atoms with Gasteiger partial charge in [0.15, 0.2) is 0 Å². The Morgan fingerprint density at radius 2 is 2.29 bits per heavy atom. The van der Waals surface area contributed by atoms with Gasteiger partial charge in [-0.25, -0.2) is 9.90 Å². The first-order valence-electron chi connectivity index (χ1n) is 4.95. The molecule has 1 aliphatic rings. The lowest BCUT2D eigenvalue weighted by Gasteiger charge is -2.13. The Balaban J connectivity index is 2.34.